The van der Waals surface area contributed by atoms with Crippen molar-refractivity contribution in [2.75, 3.05) is 7.11 Å². The van der Waals surface area contributed by atoms with Crippen molar-refractivity contribution < 1.29 is 9.53 Å². The first kappa shape index (κ1) is 13.5. The molecule has 0 heterocycles. The lowest BCUT2D eigenvalue weighted by Gasteiger charge is -2.05. The van der Waals surface area contributed by atoms with E-state index in [0.29, 0.717) is 11.1 Å². The smallest absolute Gasteiger partial charge is 0.194 e. The summed E-state index contributed by atoms with van der Waals surface area (Å²) in [6.07, 6.45) is 0. The van der Waals surface area contributed by atoms with Gasteiger partial charge in [0.05, 0.1) is 7.11 Å². The molecule has 0 saturated heterocycles. The van der Waals surface area contributed by atoms with Gasteiger partial charge in [-0.25, -0.2) is 0 Å². The Morgan fingerprint density at radius 2 is 1.83 bits per heavy atom. The quantitative estimate of drug-likeness (QED) is 0.551. The van der Waals surface area contributed by atoms with E-state index in [1.54, 1.807) is 31.4 Å². The van der Waals surface area contributed by atoms with Crippen molar-refractivity contribution in [1.82, 2.24) is 0 Å². The van der Waals surface area contributed by atoms with Crippen LogP contribution in [0, 0.1) is 3.57 Å². The number of carbonyl (C=O) groups excluding carboxylic acids is 1. The lowest BCUT2D eigenvalue weighted by Crippen LogP contribution is -2.02. The summed E-state index contributed by atoms with van der Waals surface area (Å²) in [6, 6.07) is 12.8. The summed E-state index contributed by atoms with van der Waals surface area (Å²) in [5.41, 5.74) is 1.32. The molecule has 2 aromatic carbocycles. The molecule has 0 aromatic heterocycles. The highest BCUT2D eigenvalue weighted by Crippen LogP contribution is 2.23. The lowest BCUT2D eigenvalue weighted by molar-refractivity contribution is 0.103. The van der Waals surface area contributed by atoms with E-state index in [0.717, 1.165) is 13.8 Å². The molecule has 18 heavy (non-hydrogen) atoms. The molecule has 0 aliphatic rings. The Morgan fingerprint density at radius 3 is 2.44 bits per heavy atom. The molecule has 0 amide bonds. The molecular weight excluding hydrogens is 407 g/mol. The first-order chi connectivity index (χ1) is 8.61. The van der Waals surface area contributed by atoms with Gasteiger partial charge in [-0.3, -0.25) is 4.79 Å². The average Bonchev–Trinajstić information content (AvgIpc) is 2.41. The molecule has 0 saturated carbocycles. The third-order valence-electron chi connectivity index (χ3n) is 2.53. The zero-order chi connectivity index (χ0) is 13.1. The van der Waals surface area contributed by atoms with Gasteiger partial charge in [-0.2, -0.15) is 0 Å². The summed E-state index contributed by atoms with van der Waals surface area (Å²) in [7, 11) is 1.60. The first-order valence-electron chi connectivity index (χ1n) is 5.25. The molecule has 0 aliphatic carbocycles. The molecule has 0 radical (unpaired) electrons. The fourth-order valence-electron chi connectivity index (χ4n) is 1.57. The van der Waals surface area contributed by atoms with Crippen molar-refractivity contribution in [2.24, 2.45) is 0 Å². The number of ketones is 1. The molecule has 0 N–H and O–H groups in total. The summed E-state index contributed by atoms with van der Waals surface area (Å²) in [6.45, 7) is 0. The summed E-state index contributed by atoms with van der Waals surface area (Å²) in [4.78, 5) is 12.3. The van der Waals surface area contributed by atoms with Crippen molar-refractivity contribution >= 4 is 44.3 Å². The Bertz CT molecular complexity index is 579. The number of ether oxygens (including phenoxy) is 1. The van der Waals surface area contributed by atoms with Crippen molar-refractivity contribution in [1.29, 1.82) is 0 Å². The van der Waals surface area contributed by atoms with Gasteiger partial charge in [0.25, 0.3) is 0 Å². The Labute approximate surface area is 128 Å². The van der Waals surface area contributed by atoms with Gasteiger partial charge in [0.15, 0.2) is 5.78 Å². The molecule has 0 fully saturated rings. The van der Waals surface area contributed by atoms with Crippen molar-refractivity contribution in [3.8, 4) is 5.75 Å². The molecule has 0 unspecified atom stereocenters. The van der Waals surface area contributed by atoms with Gasteiger partial charge in [0.1, 0.15) is 5.75 Å². The minimum atomic E-state index is 0.00282. The highest BCUT2D eigenvalue weighted by Gasteiger charge is 2.12. The van der Waals surface area contributed by atoms with E-state index < -0.39 is 0 Å². The van der Waals surface area contributed by atoms with Crippen LogP contribution < -0.4 is 4.74 Å². The fraction of sp³-hybridized carbons (Fsp3) is 0.0714. The van der Waals surface area contributed by atoms with Crippen LogP contribution in [0.15, 0.2) is 46.9 Å². The standard InChI is InChI=1S/C14H10BrIO2/c1-18-11-5-2-9(3-6-11)14(17)12-8-10(16)4-7-13(12)15/h2-8H,1H3. The van der Waals surface area contributed by atoms with Crippen LogP contribution in [0.25, 0.3) is 0 Å². The summed E-state index contributed by atoms with van der Waals surface area (Å²) in [5.74, 6) is 0.747. The van der Waals surface area contributed by atoms with Gasteiger partial charge < -0.3 is 4.74 Å². The molecule has 92 valence electrons. The van der Waals surface area contributed by atoms with Crippen LogP contribution in [-0.4, -0.2) is 12.9 Å². The molecule has 0 bridgehead atoms. The van der Waals surface area contributed by atoms with Gasteiger partial charge in [0.2, 0.25) is 0 Å². The third-order valence-corrected chi connectivity index (χ3v) is 3.89. The van der Waals surface area contributed by atoms with E-state index in [4.69, 9.17) is 4.74 Å². The van der Waals surface area contributed by atoms with Crippen molar-refractivity contribution in [3.05, 3.63) is 61.6 Å². The highest BCUT2D eigenvalue weighted by molar-refractivity contribution is 14.1. The molecule has 2 nitrogen and oxygen atoms in total. The largest absolute Gasteiger partial charge is 0.497 e. The fourth-order valence-corrected chi connectivity index (χ4v) is 2.49. The summed E-state index contributed by atoms with van der Waals surface area (Å²) in [5, 5.41) is 0. The van der Waals surface area contributed by atoms with E-state index in [9.17, 15) is 4.79 Å². The maximum absolute atomic E-state index is 12.3. The molecule has 2 aromatic rings. The predicted molar refractivity (Wildman–Crippen MR) is 83.3 cm³/mol. The van der Waals surface area contributed by atoms with Gasteiger partial charge in [0, 0.05) is 19.2 Å². The normalized spacial score (nSPS) is 10.2. The van der Waals surface area contributed by atoms with E-state index in [1.807, 2.05) is 18.2 Å². The Hall–Kier alpha value is -0.880. The van der Waals surface area contributed by atoms with Crippen LogP contribution in [0.1, 0.15) is 15.9 Å². The zero-order valence-electron chi connectivity index (χ0n) is 9.61. The number of hydrogen-bond donors (Lipinski definition) is 0. The number of methoxy groups -OCH3 is 1. The highest BCUT2D eigenvalue weighted by atomic mass is 127. The van der Waals surface area contributed by atoms with Crippen LogP contribution in [0.2, 0.25) is 0 Å². The van der Waals surface area contributed by atoms with E-state index in [1.165, 1.54) is 0 Å². The first-order valence-corrected chi connectivity index (χ1v) is 7.13. The third kappa shape index (κ3) is 2.92. The average molecular weight is 417 g/mol. The van der Waals surface area contributed by atoms with Crippen LogP contribution in [0.3, 0.4) is 0 Å². The monoisotopic (exact) mass is 416 g/mol. The second-order valence-electron chi connectivity index (χ2n) is 3.68. The minimum Gasteiger partial charge on any atom is -0.497 e. The number of carbonyl (C=O) groups is 1. The van der Waals surface area contributed by atoms with E-state index >= 15 is 0 Å². The van der Waals surface area contributed by atoms with Gasteiger partial charge in [-0.1, -0.05) is 15.9 Å². The Kier molecular flexibility index (Phi) is 4.40. The number of benzene rings is 2. The molecular formula is C14H10BrIO2. The Morgan fingerprint density at radius 1 is 1.17 bits per heavy atom. The van der Waals surface area contributed by atoms with Crippen LogP contribution in [0.5, 0.6) is 5.75 Å². The lowest BCUT2D eigenvalue weighted by atomic mass is 10.0. The summed E-state index contributed by atoms with van der Waals surface area (Å²) >= 11 is 5.60. The molecule has 4 heteroatoms. The second kappa shape index (κ2) is 5.84. The van der Waals surface area contributed by atoms with Crippen molar-refractivity contribution in [3.63, 3.8) is 0 Å². The number of halogens is 2. The molecule has 0 spiro atoms. The number of rotatable bonds is 3. The summed E-state index contributed by atoms with van der Waals surface area (Å²) < 4.78 is 6.92. The van der Waals surface area contributed by atoms with Gasteiger partial charge in [-0.05, 0) is 65.1 Å². The van der Waals surface area contributed by atoms with Gasteiger partial charge in [-0.15, -0.1) is 0 Å². The molecule has 0 atom stereocenters. The van der Waals surface area contributed by atoms with E-state index in [2.05, 4.69) is 38.5 Å². The number of hydrogen-bond acceptors (Lipinski definition) is 2. The maximum Gasteiger partial charge on any atom is 0.194 e. The molecule has 2 rings (SSSR count). The maximum atomic E-state index is 12.3. The Balaban J connectivity index is 2.38. The zero-order valence-corrected chi connectivity index (χ0v) is 13.4. The van der Waals surface area contributed by atoms with Crippen LogP contribution in [-0.2, 0) is 0 Å². The van der Waals surface area contributed by atoms with E-state index in [-0.39, 0.29) is 5.78 Å². The minimum absolute atomic E-state index is 0.00282. The van der Waals surface area contributed by atoms with Crippen molar-refractivity contribution in [2.45, 2.75) is 0 Å². The molecule has 0 aliphatic heterocycles. The second-order valence-corrected chi connectivity index (χ2v) is 5.78. The topological polar surface area (TPSA) is 26.3 Å². The van der Waals surface area contributed by atoms with Crippen LogP contribution >= 0.6 is 38.5 Å². The van der Waals surface area contributed by atoms with Crippen LogP contribution in [0.4, 0.5) is 0 Å². The predicted octanol–water partition coefficient (Wildman–Crippen LogP) is 4.29. The van der Waals surface area contributed by atoms with Gasteiger partial charge >= 0.3 is 0 Å². The SMILES string of the molecule is COc1ccc(C(=O)c2cc(I)ccc2Br)cc1.